The number of hydrogen-bond donors (Lipinski definition) is 1. The van der Waals surface area contributed by atoms with E-state index in [1.807, 2.05) is 37.3 Å². The lowest BCUT2D eigenvalue weighted by molar-refractivity contribution is 0.0543. The lowest BCUT2D eigenvalue weighted by Gasteiger charge is -2.38. The number of rotatable bonds is 5. The molecule has 1 aliphatic rings. The van der Waals surface area contributed by atoms with Crippen LogP contribution in [-0.4, -0.2) is 34.7 Å². The van der Waals surface area contributed by atoms with E-state index in [1.54, 1.807) is 12.4 Å². The number of nitrogens with zero attached hydrogens (tertiary/aromatic N) is 3. The molecule has 0 aliphatic carbocycles. The highest BCUT2D eigenvalue weighted by atomic mass is 35.5. The Morgan fingerprint density at radius 3 is 2.61 bits per heavy atom. The molecule has 3 aromatic rings. The molecule has 1 fully saturated rings. The number of hydrogen-bond acceptors (Lipinski definition) is 5. The van der Waals surface area contributed by atoms with Crippen LogP contribution in [0.1, 0.15) is 24.1 Å². The molecule has 1 aromatic carbocycles. The topological polar surface area (TPSA) is 59.9 Å². The van der Waals surface area contributed by atoms with Crippen molar-refractivity contribution in [2.45, 2.75) is 25.2 Å². The van der Waals surface area contributed by atoms with E-state index >= 15 is 0 Å². The van der Waals surface area contributed by atoms with Crippen LogP contribution >= 0.6 is 11.6 Å². The maximum atomic E-state index is 6.10. The highest BCUT2D eigenvalue weighted by Crippen LogP contribution is 2.35. The van der Waals surface area contributed by atoms with E-state index in [2.05, 4.69) is 27.4 Å². The van der Waals surface area contributed by atoms with E-state index in [0.717, 1.165) is 54.7 Å². The number of aromatic nitrogens is 3. The summed E-state index contributed by atoms with van der Waals surface area (Å²) in [5, 5.41) is 4.32. The maximum absolute atomic E-state index is 6.10. The predicted octanol–water partition coefficient (Wildman–Crippen LogP) is 4.66. The molecule has 0 saturated carbocycles. The molecular weight excluding hydrogens is 372 g/mol. The molecule has 144 valence electrons. The van der Waals surface area contributed by atoms with Gasteiger partial charge >= 0.3 is 0 Å². The molecule has 0 spiro atoms. The summed E-state index contributed by atoms with van der Waals surface area (Å²) in [5.74, 6) is 1.51. The van der Waals surface area contributed by atoms with Crippen LogP contribution in [-0.2, 0) is 10.2 Å². The molecule has 0 unspecified atom stereocenters. The number of halogens is 1. The first-order chi connectivity index (χ1) is 13.6. The molecule has 0 amide bonds. The van der Waals surface area contributed by atoms with Crippen LogP contribution in [0.2, 0.25) is 5.02 Å². The largest absolute Gasteiger partial charge is 0.381 e. The summed E-state index contributed by atoms with van der Waals surface area (Å²) in [6, 6.07) is 14.0. The van der Waals surface area contributed by atoms with E-state index in [1.165, 1.54) is 5.56 Å². The number of aryl methyl sites for hydroxylation is 1. The SMILES string of the molecule is Cc1cc(NCC2(c3ccc(Cl)cc3)CCOCC2)nc(-c2cccnc2)n1. The van der Waals surface area contributed by atoms with Crippen LogP contribution in [0.15, 0.2) is 54.9 Å². The third-order valence-corrected chi connectivity index (χ3v) is 5.54. The molecular formula is C22H23ClN4O. The lowest BCUT2D eigenvalue weighted by atomic mass is 9.74. The van der Waals surface area contributed by atoms with Gasteiger partial charge < -0.3 is 10.1 Å². The predicted molar refractivity (Wildman–Crippen MR) is 112 cm³/mol. The molecule has 2 aromatic heterocycles. The number of nitrogens with one attached hydrogen (secondary N) is 1. The summed E-state index contributed by atoms with van der Waals surface area (Å²) in [6.07, 6.45) is 5.45. The quantitative estimate of drug-likeness (QED) is 0.681. The van der Waals surface area contributed by atoms with Gasteiger partial charge in [-0.25, -0.2) is 9.97 Å². The number of pyridine rings is 1. The van der Waals surface area contributed by atoms with Crippen LogP contribution in [0, 0.1) is 6.92 Å². The average molecular weight is 395 g/mol. The zero-order valence-electron chi connectivity index (χ0n) is 15.9. The van der Waals surface area contributed by atoms with Gasteiger partial charge in [-0.05, 0) is 49.6 Å². The van der Waals surface area contributed by atoms with E-state index in [0.29, 0.717) is 5.82 Å². The molecule has 28 heavy (non-hydrogen) atoms. The number of ether oxygens (including phenoxy) is 1. The Morgan fingerprint density at radius 1 is 1.11 bits per heavy atom. The Labute approximate surface area is 170 Å². The number of anilines is 1. The minimum atomic E-state index is -0.00381. The van der Waals surface area contributed by atoms with E-state index in [4.69, 9.17) is 21.3 Å². The van der Waals surface area contributed by atoms with Crippen molar-refractivity contribution in [1.82, 2.24) is 15.0 Å². The summed E-state index contributed by atoms with van der Waals surface area (Å²) in [6.45, 7) is 4.28. The summed E-state index contributed by atoms with van der Waals surface area (Å²) in [7, 11) is 0. The zero-order valence-corrected chi connectivity index (χ0v) is 16.6. The summed E-state index contributed by atoms with van der Waals surface area (Å²) < 4.78 is 5.63. The van der Waals surface area contributed by atoms with Crippen molar-refractivity contribution in [2.24, 2.45) is 0 Å². The van der Waals surface area contributed by atoms with Crippen molar-refractivity contribution in [2.75, 3.05) is 25.1 Å². The Morgan fingerprint density at radius 2 is 1.89 bits per heavy atom. The minimum absolute atomic E-state index is 0.00381. The molecule has 6 heteroatoms. The maximum Gasteiger partial charge on any atom is 0.163 e. The van der Waals surface area contributed by atoms with Gasteiger partial charge in [0.25, 0.3) is 0 Å². The van der Waals surface area contributed by atoms with Crippen molar-refractivity contribution in [1.29, 1.82) is 0 Å². The third-order valence-electron chi connectivity index (χ3n) is 5.29. The highest BCUT2D eigenvalue weighted by Gasteiger charge is 2.34. The molecule has 5 nitrogen and oxygen atoms in total. The Hall–Kier alpha value is -2.50. The fourth-order valence-electron chi connectivity index (χ4n) is 3.68. The molecule has 1 aliphatic heterocycles. The second-order valence-corrected chi connectivity index (χ2v) is 7.65. The molecule has 1 saturated heterocycles. The second kappa shape index (κ2) is 8.25. The molecule has 4 rings (SSSR count). The molecule has 0 radical (unpaired) electrons. The molecule has 3 heterocycles. The fraction of sp³-hybridized carbons (Fsp3) is 0.318. The van der Waals surface area contributed by atoms with Gasteiger partial charge in [-0.2, -0.15) is 0 Å². The Kier molecular flexibility index (Phi) is 5.55. The minimum Gasteiger partial charge on any atom is -0.381 e. The highest BCUT2D eigenvalue weighted by molar-refractivity contribution is 6.30. The van der Waals surface area contributed by atoms with E-state index in [9.17, 15) is 0 Å². The van der Waals surface area contributed by atoms with Crippen LogP contribution in [0.5, 0.6) is 0 Å². The zero-order chi connectivity index (χ0) is 19.4. The normalized spacial score (nSPS) is 15.9. The monoisotopic (exact) mass is 394 g/mol. The summed E-state index contributed by atoms with van der Waals surface area (Å²) in [5.41, 5.74) is 3.11. The first-order valence-corrected chi connectivity index (χ1v) is 9.86. The van der Waals surface area contributed by atoms with E-state index < -0.39 is 0 Å². The van der Waals surface area contributed by atoms with Gasteiger partial charge in [0.2, 0.25) is 0 Å². The number of benzene rings is 1. The first kappa shape index (κ1) is 18.8. The van der Waals surface area contributed by atoms with Crippen molar-refractivity contribution in [3.8, 4) is 11.4 Å². The van der Waals surface area contributed by atoms with Gasteiger partial charge in [0.15, 0.2) is 5.82 Å². The van der Waals surface area contributed by atoms with Crippen LogP contribution in [0.25, 0.3) is 11.4 Å². The van der Waals surface area contributed by atoms with Crippen molar-refractivity contribution in [3.05, 3.63) is 71.1 Å². The molecule has 1 N–H and O–H groups in total. The molecule has 0 atom stereocenters. The van der Waals surface area contributed by atoms with Crippen molar-refractivity contribution < 1.29 is 4.74 Å². The van der Waals surface area contributed by atoms with Gasteiger partial charge in [-0.1, -0.05) is 23.7 Å². The van der Waals surface area contributed by atoms with Crippen molar-refractivity contribution in [3.63, 3.8) is 0 Å². The Balaban J connectivity index is 1.59. The summed E-state index contributed by atoms with van der Waals surface area (Å²) >= 11 is 6.10. The van der Waals surface area contributed by atoms with Gasteiger partial charge in [0, 0.05) is 59.9 Å². The van der Waals surface area contributed by atoms with Crippen LogP contribution in [0.4, 0.5) is 5.82 Å². The second-order valence-electron chi connectivity index (χ2n) is 7.21. The smallest absolute Gasteiger partial charge is 0.163 e. The van der Waals surface area contributed by atoms with Gasteiger partial charge in [-0.15, -0.1) is 0 Å². The van der Waals surface area contributed by atoms with Gasteiger partial charge in [0.1, 0.15) is 5.82 Å². The third kappa shape index (κ3) is 4.16. The fourth-order valence-corrected chi connectivity index (χ4v) is 3.80. The van der Waals surface area contributed by atoms with Crippen molar-refractivity contribution >= 4 is 17.4 Å². The standard InChI is InChI=1S/C22H23ClN4O/c1-16-13-20(27-21(26-16)17-3-2-10-24-14-17)25-15-22(8-11-28-12-9-22)18-4-6-19(23)7-5-18/h2-7,10,13-14H,8-9,11-12,15H2,1H3,(H,25,26,27). The first-order valence-electron chi connectivity index (χ1n) is 9.48. The van der Waals surface area contributed by atoms with Crippen LogP contribution < -0.4 is 5.32 Å². The van der Waals surface area contributed by atoms with E-state index in [-0.39, 0.29) is 5.41 Å². The summed E-state index contributed by atoms with van der Waals surface area (Å²) in [4.78, 5) is 13.4. The van der Waals surface area contributed by atoms with Gasteiger partial charge in [0.05, 0.1) is 0 Å². The Bertz CT molecular complexity index is 925. The molecule has 0 bridgehead atoms. The lowest BCUT2D eigenvalue weighted by Crippen LogP contribution is -2.40. The van der Waals surface area contributed by atoms with Crippen LogP contribution in [0.3, 0.4) is 0 Å². The van der Waals surface area contributed by atoms with Gasteiger partial charge in [-0.3, -0.25) is 4.98 Å². The average Bonchev–Trinajstić information content (AvgIpc) is 2.74.